The van der Waals surface area contributed by atoms with Crippen LogP contribution >= 0.6 is 0 Å². The van der Waals surface area contributed by atoms with Crippen molar-refractivity contribution in [1.82, 2.24) is 4.90 Å². The Hall–Kier alpha value is -2.08. The summed E-state index contributed by atoms with van der Waals surface area (Å²) in [6.07, 6.45) is 4.46. The van der Waals surface area contributed by atoms with Crippen molar-refractivity contribution >= 4 is 17.4 Å². The lowest BCUT2D eigenvalue weighted by atomic mass is 9.41. The highest BCUT2D eigenvalue weighted by molar-refractivity contribution is 5.99. The van der Waals surface area contributed by atoms with Crippen LogP contribution in [0.5, 0.6) is 5.75 Å². The third-order valence-corrected chi connectivity index (χ3v) is 8.65. The minimum atomic E-state index is -0.903. The zero-order chi connectivity index (χ0) is 19.3. The summed E-state index contributed by atoms with van der Waals surface area (Å²) >= 11 is 0. The zero-order valence-corrected chi connectivity index (χ0v) is 16.4. The van der Waals surface area contributed by atoms with Gasteiger partial charge < -0.3 is 14.8 Å². The van der Waals surface area contributed by atoms with E-state index in [4.69, 9.17) is 9.47 Å². The van der Waals surface area contributed by atoms with Crippen LogP contribution in [0.25, 0.3) is 0 Å². The Morgan fingerprint density at radius 3 is 2.89 bits per heavy atom. The van der Waals surface area contributed by atoms with Crippen molar-refractivity contribution < 1.29 is 19.1 Å². The van der Waals surface area contributed by atoms with Crippen molar-refractivity contribution in [3.63, 3.8) is 0 Å². The second-order valence-corrected chi connectivity index (χ2v) is 9.33. The predicted molar refractivity (Wildman–Crippen MR) is 102 cm³/mol. The number of ether oxygens (including phenoxy) is 2. The van der Waals surface area contributed by atoms with E-state index >= 15 is 0 Å². The van der Waals surface area contributed by atoms with E-state index in [9.17, 15) is 9.59 Å². The number of nitrogens with zero attached hydrogens (tertiary/aromatic N) is 1. The predicted octanol–water partition coefficient (Wildman–Crippen LogP) is 2.12. The molecule has 4 fully saturated rings. The smallest absolute Gasteiger partial charge is 0.332 e. The molecule has 5 unspecified atom stereocenters. The van der Waals surface area contributed by atoms with Gasteiger partial charge in [-0.3, -0.25) is 9.69 Å². The molecule has 3 aliphatic heterocycles. The van der Waals surface area contributed by atoms with Gasteiger partial charge in [-0.15, -0.1) is 0 Å². The van der Waals surface area contributed by atoms with Gasteiger partial charge in [0.2, 0.25) is 0 Å². The molecule has 3 heterocycles. The van der Waals surface area contributed by atoms with Crippen molar-refractivity contribution in [2.24, 2.45) is 11.3 Å². The number of benzene rings is 1. The summed E-state index contributed by atoms with van der Waals surface area (Å²) in [7, 11) is 3.12. The van der Waals surface area contributed by atoms with Gasteiger partial charge in [0.05, 0.1) is 25.3 Å². The first-order valence-corrected chi connectivity index (χ1v) is 10.3. The fourth-order valence-electron chi connectivity index (χ4n) is 7.97. The van der Waals surface area contributed by atoms with Crippen LogP contribution in [0.15, 0.2) is 18.2 Å². The van der Waals surface area contributed by atoms with E-state index in [-0.39, 0.29) is 23.3 Å². The van der Waals surface area contributed by atoms with Gasteiger partial charge >= 0.3 is 5.97 Å². The van der Waals surface area contributed by atoms with Gasteiger partial charge in [-0.25, -0.2) is 4.79 Å². The molecule has 1 aromatic rings. The van der Waals surface area contributed by atoms with Crippen molar-refractivity contribution in [2.75, 3.05) is 32.6 Å². The van der Waals surface area contributed by atoms with Crippen molar-refractivity contribution in [3.05, 3.63) is 23.8 Å². The van der Waals surface area contributed by atoms with E-state index in [0.717, 1.165) is 49.4 Å². The van der Waals surface area contributed by atoms with Crippen LogP contribution in [-0.2, 0) is 19.7 Å². The first-order valence-electron chi connectivity index (χ1n) is 10.3. The maximum Gasteiger partial charge on any atom is 0.332 e. The molecule has 2 aliphatic carbocycles. The molecule has 1 aromatic carbocycles. The Morgan fingerprint density at radius 2 is 2.11 bits per heavy atom. The lowest BCUT2D eigenvalue weighted by molar-refractivity contribution is -0.163. The average Bonchev–Trinajstić information content (AvgIpc) is 3.20. The molecule has 6 rings (SSSR count). The minimum absolute atomic E-state index is 0.0216. The maximum absolute atomic E-state index is 13.5. The molecular formula is C22H26N2O4. The second kappa shape index (κ2) is 5.09. The molecule has 1 spiro atoms. The summed E-state index contributed by atoms with van der Waals surface area (Å²) in [4.78, 5) is 29.5. The molecule has 5 atom stereocenters. The van der Waals surface area contributed by atoms with Crippen molar-refractivity contribution in [2.45, 2.75) is 49.1 Å². The monoisotopic (exact) mass is 382 g/mol. The number of fused-ring (bicyclic) bond motifs is 1. The van der Waals surface area contributed by atoms with E-state index in [1.165, 1.54) is 7.11 Å². The third kappa shape index (κ3) is 1.52. The van der Waals surface area contributed by atoms with E-state index in [1.807, 2.05) is 12.1 Å². The SMILES string of the molecule is COC(=O)C12CCC34CCCN5CC(C(=O)C3)C1(c1cccc(OC)c1N2)C54. The molecule has 5 aliphatic rings. The molecule has 4 bridgehead atoms. The molecule has 6 nitrogen and oxygen atoms in total. The molecule has 2 saturated heterocycles. The third-order valence-electron chi connectivity index (χ3n) is 8.65. The molecular weight excluding hydrogens is 356 g/mol. The van der Waals surface area contributed by atoms with Crippen LogP contribution < -0.4 is 10.1 Å². The van der Waals surface area contributed by atoms with E-state index in [1.54, 1.807) is 7.11 Å². The Kier molecular flexibility index (Phi) is 3.06. The van der Waals surface area contributed by atoms with Crippen LogP contribution in [0.2, 0.25) is 0 Å². The summed E-state index contributed by atoms with van der Waals surface area (Å²) in [6.45, 7) is 1.76. The number of carbonyl (C=O) groups excluding carboxylic acids is 2. The number of rotatable bonds is 2. The molecule has 0 amide bonds. The fraction of sp³-hybridized carbons (Fsp3) is 0.636. The summed E-state index contributed by atoms with van der Waals surface area (Å²) in [5.41, 5.74) is 0.455. The highest BCUT2D eigenvalue weighted by Crippen LogP contribution is 2.73. The van der Waals surface area contributed by atoms with Gasteiger partial charge in [0.15, 0.2) is 0 Å². The number of para-hydroxylation sites is 1. The number of esters is 1. The standard InChI is InChI=1S/C22H26N2O4/c1-27-16-6-3-5-13-17(16)23-21(19(26)28-2)9-8-20-7-4-10-24-12-14(15(25)11-20)22(13,21)18(20)24/h3,5-6,14,18,23H,4,7-12H2,1-2H3. The van der Waals surface area contributed by atoms with E-state index < -0.39 is 11.0 Å². The number of Topliss-reactive ketones (excluding diaryl/α,β-unsaturated/α-hetero) is 1. The molecule has 1 N–H and O–H groups in total. The second-order valence-electron chi connectivity index (χ2n) is 9.33. The zero-order valence-electron chi connectivity index (χ0n) is 16.4. The van der Waals surface area contributed by atoms with Crippen LogP contribution in [0, 0.1) is 11.3 Å². The Morgan fingerprint density at radius 1 is 1.25 bits per heavy atom. The van der Waals surface area contributed by atoms with Gasteiger partial charge in [-0.1, -0.05) is 12.1 Å². The number of anilines is 1. The largest absolute Gasteiger partial charge is 0.495 e. The van der Waals surface area contributed by atoms with Crippen LogP contribution in [0.3, 0.4) is 0 Å². The number of nitrogens with one attached hydrogen (secondary N) is 1. The number of hydrogen-bond acceptors (Lipinski definition) is 6. The van der Waals surface area contributed by atoms with E-state index in [2.05, 4.69) is 16.3 Å². The number of carbonyl (C=O) groups is 2. The van der Waals surface area contributed by atoms with Crippen LogP contribution in [0.1, 0.15) is 37.7 Å². The van der Waals surface area contributed by atoms with E-state index in [0.29, 0.717) is 18.6 Å². The van der Waals surface area contributed by atoms with Crippen molar-refractivity contribution in [1.29, 1.82) is 0 Å². The topological polar surface area (TPSA) is 67.9 Å². The molecule has 148 valence electrons. The van der Waals surface area contributed by atoms with Gasteiger partial charge in [0.1, 0.15) is 17.1 Å². The molecule has 2 saturated carbocycles. The number of hydrogen-bond donors (Lipinski definition) is 1. The lowest BCUT2D eigenvalue weighted by Crippen LogP contribution is -2.75. The van der Waals surface area contributed by atoms with Gasteiger partial charge in [-0.05, 0) is 49.3 Å². The summed E-state index contributed by atoms with van der Waals surface area (Å²) in [6, 6.07) is 6.22. The Bertz CT molecular complexity index is 916. The summed E-state index contributed by atoms with van der Waals surface area (Å²) in [5.74, 6) is 0.637. The van der Waals surface area contributed by atoms with Crippen LogP contribution in [0.4, 0.5) is 5.69 Å². The fourth-order valence-corrected chi connectivity index (χ4v) is 7.97. The Balaban J connectivity index is 1.71. The quantitative estimate of drug-likeness (QED) is 0.791. The summed E-state index contributed by atoms with van der Waals surface area (Å²) in [5, 5.41) is 3.60. The number of piperidine rings is 1. The molecule has 0 radical (unpaired) electrons. The highest BCUT2D eigenvalue weighted by Gasteiger charge is 2.81. The normalized spacial score (nSPS) is 42.4. The summed E-state index contributed by atoms with van der Waals surface area (Å²) < 4.78 is 11.0. The number of methoxy groups -OCH3 is 2. The molecule has 0 aromatic heterocycles. The number of ketones is 1. The first-order chi connectivity index (χ1) is 13.5. The molecule has 6 heteroatoms. The highest BCUT2D eigenvalue weighted by atomic mass is 16.5. The average molecular weight is 382 g/mol. The van der Waals surface area contributed by atoms with Gasteiger partial charge in [-0.2, -0.15) is 0 Å². The maximum atomic E-state index is 13.5. The lowest BCUT2D eigenvalue weighted by Gasteiger charge is -2.63. The molecule has 28 heavy (non-hydrogen) atoms. The Labute approximate surface area is 164 Å². The minimum Gasteiger partial charge on any atom is -0.495 e. The van der Waals surface area contributed by atoms with Crippen molar-refractivity contribution in [3.8, 4) is 5.75 Å². The van der Waals surface area contributed by atoms with Gasteiger partial charge in [0, 0.05) is 24.9 Å². The van der Waals surface area contributed by atoms with Gasteiger partial charge in [0.25, 0.3) is 0 Å². The first kappa shape index (κ1) is 16.8. The van der Waals surface area contributed by atoms with Crippen LogP contribution in [-0.4, -0.2) is 55.5 Å².